The lowest BCUT2D eigenvalue weighted by Gasteiger charge is -2.25. The predicted molar refractivity (Wildman–Crippen MR) is 156 cm³/mol. The van der Waals surface area contributed by atoms with Crippen LogP contribution in [0.15, 0.2) is 43.0 Å². The highest BCUT2D eigenvalue weighted by Gasteiger charge is 2.31. The van der Waals surface area contributed by atoms with Crippen molar-refractivity contribution in [3.8, 4) is 0 Å². The Hall–Kier alpha value is -4.37. The summed E-state index contributed by atoms with van der Waals surface area (Å²) in [5.41, 5.74) is 7.90. The fourth-order valence-electron chi connectivity index (χ4n) is 4.28. The van der Waals surface area contributed by atoms with E-state index in [1.807, 2.05) is 30.5 Å². The molecule has 1 aromatic carbocycles. The zero-order valence-corrected chi connectivity index (χ0v) is 23.8. The molecule has 0 spiro atoms. The Balaban J connectivity index is 1.85. The molecule has 15 heteroatoms. The molecule has 4 atom stereocenters. The number of amides is 3. The number of aromatic nitrogens is 3. The SMILES string of the molecule is CSCCC(NC(=O)C(Cc1c[nH]c2ccccc12)NC(=O)C(Cc1cnc[nH]1)NC(=O)C(N)CCC(=O)O)C(=O)O. The second-order valence-corrected chi connectivity index (χ2v) is 10.7. The standard InChI is InChI=1S/C27H35N7O7S/c1-42-9-8-20(27(40)41)32-25(38)21(10-15-12-30-19-5-3-2-4-17(15)19)34-26(39)22(11-16-13-29-14-31-16)33-24(37)18(28)6-7-23(35)36/h2-5,12-14,18,20-22,30H,6-11,28H2,1H3,(H,29,31)(H,32,38)(H,33,37)(H,34,39)(H,35,36)(H,40,41). The molecule has 0 aliphatic carbocycles. The molecule has 226 valence electrons. The fourth-order valence-corrected chi connectivity index (χ4v) is 4.75. The summed E-state index contributed by atoms with van der Waals surface area (Å²) in [5, 5.41) is 27.1. The van der Waals surface area contributed by atoms with Crippen molar-refractivity contribution in [3.05, 3.63) is 54.2 Å². The number of carbonyl (C=O) groups is 5. The molecule has 2 aromatic heterocycles. The number of thioether (sulfide) groups is 1. The van der Waals surface area contributed by atoms with E-state index >= 15 is 0 Å². The summed E-state index contributed by atoms with van der Waals surface area (Å²) < 4.78 is 0. The molecule has 0 bridgehead atoms. The maximum absolute atomic E-state index is 13.6. The van der Waals surface area contributed by atoms with Crippen molar-refractivity contribution in [1.82, 2.24) is 30.9 Å². The van der Waals surface area contributed by atoms with Gasteiger partial charge in [0.2, 0.25) is 17.7 Å². The molecule has 0 radical (unpaired) electrons. The van der Waals surface area contributed by atoms with E-state index < -0.39 is 53.8 Å². The molecule has 3 rings (SSSR count). The maximum atomic E-state index is 13.6. The third-order valence-electron chi connectivity index (χ3n) is 6.58. The number of H-pyrrole nitrogens is 2. The van der Waals surface area contributed by atoms with Crippen LogP contribution in [0.1, 0.15) is 30.5 Å². The van der Waals surface area contributed by atoms with Crippen LogP contribution in [0.5, 0.6) is 0 Å². The summed E-state index contributed by atoms with van der Waals surface area (Å²) >= 11 is 1.44. The quantitative estimate of drug-likeness (QED) is 0.104. The number of imidazole rings is 1. The third-order valence-corrected chi connectivity index (χ3v) is 7.22. The number of nitrogens with one attached hydrogen (secondary N) is 5. The van der Waals surface area contributed by atoms with Gasteiger partial charge in [0.05, 0.1) is 12.4 Å². The summed E-state index contributed by atoms with van der Waals surface area (Å²) in [4.78, 5) is 72.4. The third kappa shape index (κ3) is 9.34. The number of carbonyl (C=O) groups excluding carboxylic acids is 3. The molecule has 0 saturated carbocycles. The summed E-state index contributed by atoms with van der Waals surface area (Å²) in [5.74, 6) is -3.98. The Labute approximate surface area is 245 Å². The van der Waals surface area contributed by atoms with Gasteiger partial charge in [-0.3, -0.25) is 19.2 Å². The largest absolute Gasteiger partial charge is 0.481 e. The molecule has 9 N–H and O–H groups in total. The van der Waals surface area contributed by atoms with Crippen molar-refractivity contribution < 1.29 is 34.2 Å². The Bertz CT molecular complexity index is 1380. The smallest absolute Gasteiger partial charge is 0.326 e. The number of carboxylic acids is 2. The van der Waals surface area contributed by atoms with Gasteiger partial charge in [-0.2, -0.15) is 11.8 Å². The molecule has 0 aliphatic heterocycles. The molecular formula is C27H35N7O7S. The summed E-state index contributed by atoms with van der Waals surface area (Å²) in [7, 11) is 0. The first-order valence-corrected chi connectivity index (χ1v) is 14.6. The fraction of sp³-hybridized carbons (Fsp3) is 0.407. The van der Waals surface area contributed by atoms with Gasteiger partial charge in [-0.25, -0.2) is 9.78 Å². The summed E-state index contributed by atoms with van der Waals surface area (Å²) in [6, 6.07) is 2.64. The highest BCUT2D eigenvalue weighted by molar-refractivity contribution is 7.98. The Kier molecular flexibility index (Phi) is 11.9. The van der Waals surface area contributed by atoms with E-state index in [4.69, 9.17) is 10.8 Å². The van der Waals surface area contributed by atoms with Crippen LogP contribution in [0.25, 0.3) is 10.9 Å². The van der Waals surface area contributed by atoms with Gasteiger partial charge in [0.1, 0.15) is 18.1 Å². The van der Waals surface area contributed by atoms with Crippen molar-refractivity contribution >= 4 is 52.3 Å². The number of hydrogen-bond donors (Lipinski definition) is 8. The average Bonchev–Trinajstić information content (AvgIpc) is 3.62. The number of fused-ring (bicyclic) bond motifs is 1. The molecule has 3 aromatic rings. The molecule has 0 fully saturated rings. The highest BCUT2D eigenvalue weighted by Crippen LogP contribution is 2.19. The molecule has 4 unspecified atom stereocenters. The van der Waals surface area contributed by atoms with Crippen LogP contribution in [0.4, 0.5) is 0 Å². The summed E-state index contributed by atoms with van der Waals surface area (Å²) in [6.07, 6.45) is 6.11. The van der Waals surface area contributed by atoms with E-state index in [1.54, 1.807) is 6.20 Å². The van der Waals surface area contributed by atoms with Gasteiger partial charge in [-0.1, -0.05) is 18.2 Å². The predicted octanol–water partition coefficient (Wildman–Crippen LogP) is 0.160. The number of nitrogens with two attached hydrogens (primary N) is 1. The molecule has 14 nitrogen and oxygen atoms in total. The Morgan fingerprint density at radius 2 is 1.60 bits per heavy atom. The van der Waals surface area contributed by atoms with Gasteiger partial charge in [-0.05, 0) is 36.5 Å². The normalized spacial score (nSPS) is 14.0. The van der Waals surface area contributed by atoms with Gasteiger partial charge < -0.3 is 41.9 Å². The number of para-hydroxylation sites is 1. The van der Waals surface area contributed by atoms with Crippen LogP contribution in [0, 0.1) is 0 Å². The lowest BCUT2D eigenvalue weighted by molar-refractivity contribution is -0.142. The maximum Gasteiger partial charge on any atom is 0.326 e. The number of carboxylic acid groups (broad SMARTS) is 2. The van der Waals surface area contributed by atoms with E-state index in [0.717, 1.165) is 10.9 Å². The Morgan fingerprint density at radius 1 is 0.929 bits per heavy atom. The molecule has 0 saturated heterocycles. The van der Waals surface area contributed by atoms with E-state index in [0.29, 0.717) is 17.0 Å². The van der Waals surface area contributed by atoms with Crippen LogP contribution in [-0.4, -0.2) is 91.0 Å². The Morgan fingerprint density at radius 3 is 2.24 bits per heavy atom. The minimum Gasteiger partial charge on any atom is -0.481 e. The van der Waals surface area contributed by atoms with Crippen molar-refractivity contribution in [2.45, 2.75) is 56.3 Å². The van der Waals surface area contributed by atoms with Gasteiger partial charge >= 0.3 is 11.9 Å². The topological polar surface area (TPSA) is 232 Å². The van der Waals surface area contributed by atoms with Crippen molar-refractivity contribution in [2.75, 3.05) is 12.0 Å². The second-order valence-electron chi connectivity index (χ2n) is 9.69. The van der Waals surface area contributed by atoms with E-state index in [-0.39, 0.29) is 32.1 Å². The number of aliphatic carboxylic acids is 2. The van der Waals surface area contributed by atoms with E-state index in [9.17, 15) is 29.1 Å². The van der Waals surface area contributed by atoms with Gasteiger partial charge in [-0.15, -0.1) is 0 Å². The monoisotopic (exact) mass is 601 g/mol. The zero-order chi connectivity index (χ0) is 30.6. The number of rotatable bonds is 17. The first kappa shape index (κ1) is 32.1. The van der Waals surface area contributed by atoms with Gasteiger partial charge in [0, 0.05) is 48.3 Å². The molecular weight excluding hydrogens is 566 g/mol. The minimum absolute atomic E-state index is 0.0271. The van der Waals surface area contributed by atoms with Crippen LogP contribution >= 0.6 is 11.8 Å². The number of benzene rings is 1. The highest BCUT2D eigenvalue weighted by atomic mass is 32.2. The first-order chi connectivity index (χ1) is 20.1. The zero-order valence-electron chi connectivity index (χ0n) is 23.0. The molecule has 2 heterocycles. The number of hydrogen-bond acceptors (Lipinski definition) is 8. The van der Waals surface area contributed by atoms with Crippen molar-refractivity contribution in [1.29, 1.82) is 0 Å². The number of nitrogens with zero attached hydrogens (tertiary/aromatic N) is 1. The minimum atomic E-state index is -1.21. The first-order valence-electron chi connectivity index (χ1n) is 13.2. The number of aromatic amines is 2. The average molecular weight is 602 g/mol. The molecule has 42 heavy (non-hydrogen) atoms. The van der Waals surface area contributed by atoms with E-state index in [1.165, 1.54) is 24.3 Å². The lowest BCUT2D eigenvalue weighted by Crippen LogP contribution is -2.58. The van der Waals surface area contributed by atoms with Crippen molar-refractivity contribution in [2.24, 2.45) is 5.73 Å². The second kappa shape index (κ2) is 15.6. The van der Waals surface area contributed by atoms with Gasteiger partial charge in [0.15, 0.2) is 0 Å². The molecule has 0 aliphatic rings. The van der Waals surface area contributed by atoms with Crippen LogP contribution in [-0.2, 0) is 36.8 Å². The van der Waals surface area contributed by atoms with Gasteiger partial charge in [0.25, 0.3) is 0 Å². The van der Waals surface area contributed by atoms with Crippen LogP contribution < -0.4 is 21.7 Å². The van der Waals surface area contributed by atoms with Crippen molar-refractivity contribution in [3.63, 3.8) is 0 Å². The summed E-state index contributed by atoms with van der Waals surface area (Å²) in [6.45, 7) is 0. The van der Waals surface area contributed by atoms with Crippen LogP contribution in [0.3, 0.4) is 0 Å². The van der Waals surface area contributed by atoms with E-state index in [2.05, 4.69) is 30.9 Å². The lowest BCUT2D eigenvalue weighted by atomic mass is 10.0. The van der Waals surface area contributed by atoms with Crippen LogP contribution in [0.2, 0.25) is 0 Å². The molecule has 3 amide bonds.